The minimum atomic E-state index is -0.484. The van der Waals surface area contributed by atoms with E-state index in [0.717, 1.165) is 11.3 Å². The fourth-order valence-corrected chi connectivity index (χ4v) is 2.95. The molecule has 26 heavy (non-hydrogen) atoms. The highest BCUT2D eigenvalue weighted by molar-refractivity contribution is 5.96. The SMILES string of the molecule is CCOC(=O)c1cnn2c1ncc1c(=O)n(-c3cccc(C)c3)ccc12. The fraction of sp³-hybridized carbons (Fsp3) is 0.158. The molecule has 0 fully saturated rings. The van der Waals surface area contributed by atoms with E-state index in [1.165, 1.54) is 16.9 Å². The van der Waals surface area contributed by atoms with Crippen molar-refractivity contribution in [3.05, 3.63) is 70.4 Å². The molecule has 0 atom stereocenters. The number of esters is 1. The summed E-state index contributed by atoms with van der Waals surface area (Å²) in [6, 6.07) is 9.48. The molecule has 0 aliphatic rings. The maximum Gasteiger partial charge on any atom is 0.343 e. The molecule has 0 unspecified atom stereocenters. The number of benzene rings is 1. The van der Waals surface area contributed by atoms with Crippen molar-refractivity contribution in [2.75, 3.05) is 6.61 Å². The van der Waals surface area contributed by atoms with Crippen LogP contribution in [0.2, 0.25) is 0 Å². The first-order valence-corrected chi connectivity index (χ1v) is 8.22. The highest BCUT2D eigenvalue weighted by Gasteiger charge is 2.17. The Morgan fingerprint density at radius 2 is 2.08 bits per heavy atom. The zero-order chi connectivity index (χ0) is 18.3. The maximum absolute atomic E-state index is 12.9. The van der Waals surface area contributed by atoms with E-state index >= 15 is 0 Å². The summed E-state index contributed by atoms with van der Waals surface area (Å²) in [6.45, 7) is 3.98. The summed E-state index contributed by atoms with van der Waals surface area (Å²) in [6.07, 6.45) is 4.58. The summed E-state index contributed by atoms with van der Waals surface area (Å²) >= 11 is 0. The number of carbonyl (C=O) groups is 1. The first-order chi connectivity index (χ1) is 12.6. The number of hydrogen-bond donors (Lipinski definition) is 0. The lowest BCUT2D eigenvalue weighted by Crippen LogP contribution is -2.19. The molecule has 1 aromatic carbocycles. The minimum absolute atomic E-state index is 0.198. The van der Waals surface area contributed by atoms with Crippen LogP contribution < -0.4 is 5.56 Å². The third-order valence-corrected chi connectivity index (χ3v) is 4.17. The topological polar surface area (TPSA) is 78.5 Å². The largest absolute Gasteiger partial charge is 0.462 e. The van der Waals surface area contributed by atoms with Gasteiger partial charge < -0.3 is 4.74 Å². The molecule has 4 rings (SSSR count). The lowest BCUT2D eigenvalue weighted by Gasteiger charge is -2.08. The molecule has 0 bridgehead atoms. The predicted octanol–water partition coefficient (Wildman–Crippen LogP) is 2.52. The number of fused-ring (bicyclic) bond motifs is 3. The molecular weight excluding hydrogens is 332 g/mol. The molecular formula is C19H16N4O3. The molecule has 7 heteroatoms. The summed E-state index contributed by atoms with van der Waals surface area (Å²) < 4.78 is 8.08. The van der Waals surface area contributed by atoms with E-state index in [0.29, 0.717) is 16.6 Å². The van der Waals surface area contributed by atoms with Crippen molar-refractivity contribution in [1.29, 1.82) is 0 Å². The van der Waals surface area contributed by atoms with E-state index in [4.69, 9.17) is 4.74 Å². The first kappa shape index (κ1) is 16.0. The van der Waals surface area contributed by atoms with Gasteiger partial charge in [-0.3, -0.25) is 9.36 Å². The Balaban J connectivity index is 1.93. The van der Waals surface area contributed by atoms with E-state index in [-0.39, 0.29) is 17.7 Å². The lowest BCUT2D eigenvalue weighted by atomic mass is 10.2. The molecule has 4 aromatic rings. The Morgan fingerprint density at radius 3 is 2.85 bits per heavy atom. The van der Waals surface area contributed by atoms with E-state index in [2.05, 4.69) is 10.1 Å². The van der Waals surface area contributed by atoms with E-state index < -0.39 is 5.97 Å². The number of nitrogens with zero attached hydrogens (tertiary/aromatic N) is 4. The summed E-state index contributed by atoms with van der Waals surface area (Å²) in [5.74, 6) is -0.484. The molecule has 0 saturated carbocycles. The third-order valence-electron chi connectivity index (χ3n) is 4.17. The highest BCUT2D eigenvalue weighted by atomic mass is 16.5. The smallest absolute Gasteiger partial charge is 0.343 e. The fourth-order valence-electron chi connectivity index (χ4n) is 2.95. The van der Waals surface area contributed by atoms with Crippen LogP contribution in [0.1, 0.15) is 22.8 Å². The maximum atomic E-state index is 12.9. The van der Waals surface area contributed by atoms with Crippen molar-refractivity contribution in [3.8, 4) is 5.69 Å². The van der Waals surface area contributed by atoms with Crippen LogP contribution in [0, 0.1) is 6.92 Å². The summed E-state index contributed by atoms with van der Waals surface area (Å²) in [4.78, 5) is 29.2. The predicted molar refractivity (Wildman–Crippen MR) is 96.8 cm³/mol. The van der Waals surface area contributed by atoms with E-state index in [1.54, 1.807) is 23.8 Å². The Labute approximate surface area is 148 Å². The van der Waals surface area contributed by atoms with Crippen LogP contribution in [-0.4, -0.2) is 31.7 Å². The van der Waals surface area contributed by atoms with Crippen LogP contribution in [0.15, 0.2) is 53.7 Å². The summed E-state index contributed by atoms with van der Waals surface area (Å²) in [7, 11) is 0. The molecule has 0 aliphatic heterocycles. The van der Waals surface area contributed by atoms with Gasteiger partial charge in [0.2, 0.25) is 0 Å². The quantitative estimate of drug-likeness (QED) is 0.532. The molecule has 0 N–H and O–H groups in total. The number of rotatable bonds is 3. The van der Waals surface area contributed by atoms with Gasteiger partial charge in [0, 0.05) is 18.1 Å². The van der Waals surface area contributed by atoms with Gasteiger partial charge in [0.15, 0.2) is 5.65 Å². The van der Waals surface area contributed by atoms with Crippen molar-refractivity contribution in [2.24, 2.45) is 0 Å². The van der Waals surface area contributed by atoms with Crippen molar-refractivity contribution >= 4 is 22.5 Å². The molecule has 0 saturated heterocycles. The normalized spacial score (nSPS) is 11.2. The van der Waals surface area contributed by atoms with Crippen LogP contribution in [0.3, 0.4) is 0 Å². The molecule has 0 aliphatic carbocycles. The molecule has 3 heterocycles. The molecule has 7 nitrogen and oxygen atoms in total. The average molecular weight is 348 g/mol. The number of aromatic nitrogens is 4. The van der Waals surface area contributed by atoms with Crippen LogP contribution in [0.4, 0.5) is 0 Å². The number of hydrogen-bond acceptors (Lipinski definition) is 5. The monoisotopic (exact) mass is 348 g/mol. The van der Waals surface area contributed by atoms with Gasteiger partial charge in [-0.2, -0.15) is 5.10 Å². The Morgan fingerprint density at radius 1 is 1.23 bits per heavy atom. The van der Waals surface area contributed by atoms with Gasteiger partial charge in [0.25, 0.3) is 5.56 Å². The van der Waals surface area contributed by atoms with Gasteiger partial charge in [-0.15, -0.1) is 0 Å². The molecule has 3 aromatic heterocycles. The standard InChI is InChI=1S/C19H16N4O3/c1-3-26-19(25)15-11-21-23-16-7-8-22(13-6-4-5-12(2)9-13)18(24)14(16)10-20-17(15)23/h4-11H,3H2,1-2H3. The van der Waals surface area contributed by atoms with Crippen LogP contribution in [0.25, 0.3) is 22.2 Å². The second-order valence-corrected chi connectivity index (χ2v) is 5.90. The van der Waals surface area contributed by atoms with Crippen LogP contribution >= 0.6 is 0 Å². The number of carbonyl (C=O) groups excluding carboxylic acids is 1. The Bertz CT molecular complexity index is 1210. The van der Waals surface area contributed by atoms with Crippen molar-refractivity contribution in [1.82, 2.24) is 19.2 Å². The molecule has 0 amide bonds. The van der Waals surface area contributed by atoms with Crippen LogP contribution in [0.5, 0.6) is 0 Å². The van der Waals surface area contributed by atoms with Crippen LogP contribution in [-0.2, 0) is 4.74 Å². The van der Waals surface area contributed by atoms with E-state index in [9.17, 15) is 9.59 Å². The van der Waals surface area contributed by atoms with Gasteiger partial charge in [-0.05, 0) is 37.6 Å². The second kappa shape index (κ2) is 6.11. The average Bonchev–Trinajstić information content (AvgIpc) is 3.07. The molecule has 130 valence electrons. The van der Waals surface area contributed by atoms with Gasteiger partial charge in [-0.1, -0.05) is 12.1 Å². The Hall–Kier alpha value is -3.48. The van der Waals surface area contributed by atoms with Gasteiger partial charge in [-0.25, -0.2) is 14.3 Å². The highest BCUT2D eigenvalue weighted by Crippen LogP contribution is 2.17. The number of pyridine rings is 1. The third kappa shape index (κ3) is 2.45. The number of ether oxygens (including phenoxy) is 1. The van der Waals surface area contributed by atoms with Gasteiger partial charge in [0.1, 0.15) is 5.56 Å². The lowest BCUT2D eigenvalue weighted by molar-refractivity contribution is 0.0528. The van der Waals surface area contributed by atoms with Gasteiger partial charge >= 0.3 is 5.97 Å². The van der Waals surface area contributed by atoms with Gasteiger partial charge in [0.05, 0.1) is 23.7 Å². The van der Waals surface area contributed by atoms with E-state index in [1.807, 2.05) is 31.2 Å². The zero-order valence-electron chi connectivity index (χ0n) is 14.3. The first-order valence-electron chi connectivity index (χ1n) is 8.22. The molecule has 0 radical (unpaired) electrons. The van der Waals surface area contributed by atoms with Crippen molar-refractivity contribution in [2.45, 2.75) is 13.8 Å². The summed E-state index contributed by atoms with van der Waals surface area (Å²) in [5, 5.41) is 4.63. The second-order valence-electron chi connectivity index (χ2n) is 5.90. The van der Waals surface area contributed by atoms with Crippen molar-refractivity contribution < 1.29 is 9.53 Å². The Kier molecular flexibility index (Phi) is 3.76. The zero-order valence-corrected chi connectivity index (χ0v) is 14.3. The van der Waals surface area contributed by atoms with Crippen molar-refractivity contribution in [3.63, 3.8) is 0 Å². The summed E-state index contributed by atoms with van der Waals surface area (Å²) in [5.41, 5.74) is 2.87. The number of aryl methyl sites for hydroxylation is 1. The minimum Gasteiger partial charge on any atom is -0.462 e. The molecule has 0 spiro atoms.